The zero-order valence-corrected chi connectivity index (χ0v) is 14.2. The Kier molecular flexibility index (Phi) is 4.70. The van der Waals surface area contributed by atoms with Crippen molar-refractivity contribution in [1.29, 1.82) is 0 Å². The average Bonchev–Trinajstić information content (AvgIpc) is 3.08. The summed E-state index contributed by atoms with van der Waals surface area (Å²) in [6.07, 6.45) is 1.53. The second-order valence-electron chi connectivity index (χ2n) is 5.17. The molecule has 0 atom stereocenters. The summed E-state index contributed by atoms with van der Waals surface area (Å²) in [5, 5.41) is 15.5. The summed E-state index contributed by atoms with van der Waals surface area (Å²) >= 11 is 5.19. The molecule has 0 bridgehead atoms. The van der Waals surface area contributed by atoms with Gasteiger partial charge in [0.2, 0.25) is 4.77 Å². The van der Waals surface area contributed by atoms with E-state index in [1.807, 2.05) is 19.9 Å². The fourth-order valence-corrected chi connectivity index (χ4v) is 2.39. The van der Waals surface area contributed by atoms with Crippen LogP contribution in [-0.4, -0.2) is 37.5 Å². The van der Waals surface area contributed by atoms with Gasteiger partial charge in [-0.1, -0.05) is 0 Å². The zero-order chi connectivity index (χ0) is 18.0. The predicted octanol–water partition coefficient (Wildman–Crippen LogP) is 3.23. The lowest BCUT2D eigenvalue weighted by Gasteiger charge is -2.04. The number of ether oxygens (including phenoxy) is 1. The second-order valence-corrected chi connectivity index (χ2v) is 5.56. The Morgan fingerprint density at radius 1 is 1.28 bits per heavy atom. The Labute approximate surface area is 146 Å². The molecule has 2 heterocycles. The largest absolute Gasteiger partial charge is 0.435 e. The summed E-state index contributed by atoms with van der Waals surface area (Å²) in [5.74, 6) is 0.500. The highest BCUT2D eigenvalue weighted by atomic mass is 32.1. The van der Waals surface area contributed by atoms with E-state index in [2.05, 4.69) is 25.1 Å². The van der Waals surface area contributed by atoms with Gasteiger partial charge in [-0.05, 0) is 62.0 Å². The maximum atomic E-state index is 12.2. The van der Waals surface area contributed by atoms with E-state index in [-0.39, 0.29) is 5.75 Å². The van der Waals surface area contributed by atoms with Crippen LogP contribution in [0.25, 0.3) is 5.95 Å². The minimum Gasteiger partial charge on any atom is -0.435 e. The van der Waals surface area contributed by atoms with E-state index >= 15 is 0 Å². The summed E-state index contributed by atoms with van der Waals surface area (Å²) in [6.45, 7) is 0.918. The Hall–Kier alpha value is -2.88. The number of aryl methyl sites for hydroxylation is 2. The number of H-pyrrole nitrogens is 1. The summed E-state index contributed by atoms with van der Waals surface area (Å²) in [7, 11) is 0. The molecule has 0 fully saturated rings. The number of hydrogen-bond donors (Lipinski definition) is 1. The molecule has 130 valence electrons. The molecule has 0 saturated carbocycles. The van der Waals surface area contributed by atoms with Gasteiger partial charge < -0.3 is 4.74 Å². The first kappa shape index (κ1) is 17.0. The van der Waals surface area contributed by atoms with E-state index in [0.717, 1.165) is 11.4 Å². The van der Waals surface area contributed by atoms with Gasteiger partial charge in [0.1, 0.15) is 5.75 Å². The van der Waals surface area contributed by atoms with Gasteiger partial charge in [-0.2, -0.15) is 23.7 Å². The van der Waals surface area contributed by atoms with Gasteiger partial charge in [0.25, 0.3) is 5.95 Å². The molecular formula is C15H14F2N6OS. The molecule has 3 rings (SSSR count). The number of rotatable bonds is 5. The molecule has 0 spiro atoms. The number of benzene rings is 1. The molecule has 0 unspecified atom stereocenters. The van der Waals surface area contributed by atoms with E-state index in [1.54, 1.807) is 16.8 Å². The first-order chi connectivity index (χ1) is 11.9. The van der Waals surface area contributed by atoms with E-state index in [1.165, 1.54) is 23.0 Å². The Morgan fingerprint density at radius 3 is 2.60 bits per heavy atom. The number of halogens is 2. The number of nitrogens with zero attached hydrogens (tertiary/aromatic N) is 5. The molecule has 25 heavy (non-hydrogen) atoms. The first-order valence-corrected chi connectivity index (χ1v) is 7.65. The standard InChI is InChI=1S/C15H14F2N6OS/c1-9-7-10(2)22(21-9)14-19-20-15(25)23(14)18-8-11-3-5-12(6-4-11)24-13(16)17/h3-8,13H,1-2H3,(H,20,25)/b18-8-. The van der Waals surface area contributed by atoms with Gasteiger partial charge in [0, 0.05) is 5.69 Å². The van der Waals surface area contributed by atoms with Crippen LogP contribution < -0.4 is 4.74 Å². The van der Waals surface area contributed by atoms with Crippen molar-refractivity contribution in [2.75, 3.05) is 0 Å². The first-order valence-electron chi connectivity index (χ1n) is 7.24. The third-order valence-electron chi connectivity index (χ3n) is 3.26. The third-order valence-corrected chi connectivity index (χ3v) is 3.52. The molecule has 0 aliphatic rings. The van der Waals surface area contributed by atoms with Gasteiger partial charge in [0.15, 0.2) is 0 Å². The molecule has 10 heteroatoms. The lowest BCUT2D eigenvalue weighted by molar-refractivity contribution is -0.0498. The molecule has 3 aromatic rings. The zero-order valence-electron chi connectivity index (χ0n) is 13.3. The molecule has 7 nitrogen and oxygen atoms in total. The Bertz CT molecular complexity index is 957. The van der Waals surface area contributed by atoms with Crippen LogP contribution in [0.15, 0.2) is 35.4 Å². The van der Waals surface area contributed by atoms with Crippen molar-refractivity contribution in [3.05, 3.63) is 52.1 Å². The molecule has 2 aromatic heterocycles. The van der Waals surface area contributed by atoms with Gasteiger partial charge in [0.05, 0.1) is 11.9 Å². The fourth-order valence-electron chi connectivity index (χ4n) is 2.22. The van der Waals surface area contributed by atoms with E-state index < -0.39 is 6.61 Å². The van der Waals surface area contributed by atoms with Crippen molar-refractivity contribution < 1.29 is 13.5 Å². The Balaban J connectivity index is 1.88. The topological polar surface area (TPSA) is 73.0 Å². The third kappa shape index (κ3) is 3.79. The quantitative estimate of drug-likeness (QED) is 0.557. The number of nitrogens with one attached hydrogen (secondary N) is 1. The van der Waals surface area contributed by atoms with E-state index in [9.17, 15) is 8.78 Å². The summed E-state index contributed by atoms with van der Waals surface area (Å²) in [5.41, 5.74) is 2.41. The number of aromatic nitrogens is 5. The summed E-state index contributed by atoms with van der Waals surface area (Å²) < 4.78 is 32.0. The SMILES string of the molecule is Cc1cc(C)n(-c2n[nH]c(=S)n2/N=C\c2ccc(OC(F)F)cc2)n1. The van der Waals surface area contributed by atoms with Crippen molar-refractivity contribution in [3.8, 4) is 11.7 Å². The molecule has 1 N–H and O–H groups in total. The average molecular weight is 364 g/mol. The van der Waals surface area contributed by atoms with Crippen molar-refractivity contribution in [2.45, 2.75) is 20.5 Å². The second kappa shape index (κ2) is 6.93. The van der Waals surface area contributed by atoms with Crippen molar-refractivity contribution >= 4 is 18.4 Å². The molecule has 0 aliphatic carbocycles. The molecule has 0 saturated heterocycles. The normalized spacial score (nSPS) is 11.6. The smallest absolute Gasteiger partial charge is 0.387 e. The van der Waals surface area contributed by atoms with Gasteiger partial charge >= 0.3 is 6.61 Å². The predicted molar refractivity (Wildman–Crippen MR) is 90.1 cm³/mol. The Morgan fingerprint density at radius 2 is 2.00 bits per heavy atom. The fraction of sp³-hybridized carbons (Fsp3) is 0.200. The van der Waals surface area contributed by atoms with Crippen LogP contribution in [0.3, 0.4) is 0 Å². The minimum atomic E-state index is -2.85. The van der Waals surface area contributed by atoms with Crippen LogP contribution in [0.1, 0.15) is 17.0 Å². The summed E-state index contributed by atoms with van der Waals surface area (Å²) in [4.78, 5) is 0. The molecule has 0 aliphatic heterocycles. The van der Waals surface area contributed by atoms with Crippen molar-refractivity contribution in [3.63, 3.8) is 0 Å². The highest BCUT2D eigenvalue weighted by Crippen LogP contribution is 2.14. The van der Waals surface area contributed by atoms with E-state index in [0.29, 0.717) is 16.3 Å². The van der Waals surface area contributed by atoms with Crippen LogP contribution in [0.2, 0.25) is 0 Å². The lowest BCUT2D eigenvalue weighted by atomic mass is 10.2. The van der Waals surface area contributed by atoms with Crippen LogP contribution in [0, 0.1) is 18.6 Å². The minimum absolute atomic E-state index is 0.0791. The van der Waals surface area contributed by atoms with Gasteiger partial charge in [-0.15, -0.1) is 5.10 Å². The summed E-state index contributed by atoms with van der Waals surface area (Å²) in [6, 6.07) is 7.99. The number of aromatic amines is 1. The van der Waals surface area contributed by atoms with Crippen LogP contribution in [0.4, 0.5) is 8.78 Å². The highest BCUT2D eigenvalue weighted by molar-refractivity contribution is 7.71. The van der Waals surface area contributed by atoms with Crippen molar-refractivity contribution in [1.82, 2.24) is 24.7 Å². The van der Waals surface area contributed by atoms with Gasteiger partial charge in [-0.3, -0.25) is 0 Å². The maximum absolute atomic E-state index is 12.2. The molecule has 1 aromatic carbocycles. The van der Waals surface area contributed by atoms with Gasteiger partial charge in [-0.25, -0.2) is 9.78 Å². The molecular weight excluding hydrogens is 350 g/mol. The van der Waals surface area contributed by atoms with Crippen LogP contribution >= 0.6 is 12.2 Å². The van der Waals surface area contributed by atoms with Crippen LogP contribution in [0.5, 0.6) is 5.75 Å². The lowest BCUT2D eigenvalue weighted by Crippen LogP contribution is -2.07. The maximum Gasteiger partial charge on any atom is 0.387 e. The number of hydrogen-bond acceptors (Lipinski definition) is 5. The monoisotopic (exact) mass is 364 g/mol. The van der Waals surface area contributed by atoms with E-state index in [4.69, 9.17) is 12.2 Å². The van der Waals surface area contributed by atoms with Crippen LogP contribution in [-0.2, 0) is 0 Å². The number of alkyl halides is 2. The molecule has 0 radical (unpaired) electrons. The van der Waals surface area contributed by atoms with Crippen molar-refractivity contribution in [2.24, 2.45) is 5.10 Å². The highest BCUT2D eigenvalue weighted by Gasteiger charge is 2.11. The molecule has 0 amide bonds.